The van der Waals surface area contributed by atoms with Crippen molar-refractivity contribution in [2.75, 3.05) is 38.5 Å². The molecule has 0 spiro atoms. The first kappa shape index (κ1) is 18.9. The van der Waals surface area contributed by atoms with Crippen molar-refractivity contribution in [1.29, 1.82) is 0 Å². The molecule has 1 rings (SSSR count). The van der Waals surface area contributed by atoms with Gasteiger partial charge in [-0.05, 0) is 71.2 Å². The molecule has 21 heavy (non-hydrogen) atoms. The Labute approximate surface area is 130 Å². The molecule has 1 fully saturated rings. The third kappa shape index (κ3) is 8.14. The van der Waals surface area contributed by atoms with Crippen LogP contribution in [0.2, 0.25) is 0 Å². The van der Waals surface area contributed by atoms with Gasteiger partial charge in [0.1, 0.15) is 0 Å². The van der Waals surface area contributed by atoms with Crippen molar-refractivity contribution in [1.82, 2.24) is 14.9 Å². The number of hydrogen-bond donors (Lipinski definition) is 2. The Balaban J connectivity index is 2.26. The van der Waals surface area contributed by atoms with Gasteiger partial charge in [-0.1, -0.05) is 13.8 Å². The van der Waals surface area contributed by atoms with Crippen molar-refractivity contribution < 1.29 is 8.42 Å². The van der Waals surface area contributed by atoms with Crippen LogP contribution in [-0.4, -0.2) is 57.8 Å². The zero-order valence-corrected chi connectivity index (χ0v) is 14.7. The van der Waals surface area contributed by atoms with Crippen LogP contribution in [-0.2, 0) is 10.0 Å². The number of nitrogens with one attached hydrogen (secondary N) is 2. The SMILES string of the molecule is CCN(CC)CCCC(C)NS(=O)(=O)CC1CCCNC1. The van der Waals surface area contributed by atoms with E-state index in [4.69, 9.17) is 0 Å². The number of piperidine rings is 1. The molecule has 2 N–H and O–H groups in total. The maximum absolute atomic E-state index is 12.2. The Hall–Kier alpha value is -0.170. The van der Waals surface area contributed by atoms with E-state index in [1.165, 1.54) is 0 Å². The van der Waals surface area contributed by atoms with Crippen molar-refractivity contribution >= 4 is 10.0 Å². The van der Waals surface area contributed by atoms with Gasteiger partial charge in [-0.3, -0.25) is 0 Å². The van der Waals surface area contributed by atoms with Crippen molar-refractivity contribution in [2.24, 2.45) is 5.92 Å². The molecule has 0 aromatic heterocycles. The number of sulfonamides is 1. The summed E-state index contributed by atoms with van der Waals surface area (Å²) in [6.45, 7) is 11.3. The summed E-state index contributed by atoms with van der Waals surface area (Å²) < 4.78 is 27.2. The molecule has 0 aromatic rings. The highest BCUT2D eigenvalue weighted by atomic mass is 32.2. The molecule has 0 aliphatic carbocycles. The largest absolute Gasteiger partial charge is 0.316 e. The van der Waals surface area contributed by atoms with Gasteiger partial charge in [0.25, 0.3) is 0 Å². The summed E-state index contributed by atoms with van der Waals surface area (Å²) >= 11 is 0. The lowest BCUT2D eigenvalue weighted by molar-refractivity contribution is 0.293. The highest BCUT2D eigenvalue weighted by molar-refractivity contribution is 7.89. The Bertz CT molecular complexity index is 363. The Morgan fingerprint density at radius 3 is 2.62 bits per heavy atom. The van der Waals surface area contributed by atoms with Gasteiger partial charge >= 0.3 is 0 Å². The van der Waals surface area contributed by atoms with E-state index in [1.807, 2.05) is 6.92 Å². The van der Waals surface area contributed by atoms with Gasteiger partial charge < -0.3 is 10.2 Å². The maximum atomic E-state index is 12.2. The van der Waals surface area contributed by atoms with E-state index in [2.05, 4.69) is 28.8 Å². The molecule has 0 aromatic carbocycles. The Kier molecular flexibility index (Phi) is 8.78. The van der Waals surface area contributed by atoms with E-state index < -0.39 is 10.0 Å². The van der Waals surface area contributed by atoms with Crippen molar-refractivity contribution in [3.05, 3.63) is 0 Å². The molecule has 126 valence electrons. The summed E-state index contributed by atoms with van der Waals surface area (Å²) in [6, 6.07) is 0.0297. The van der Waals surface area contributed by atoms with Crippen LogP contribution in [0.3, 0.4) is 0 Å². The molecule has 1 aliphatic rings. The Morgan fingerprint density at radius 2 is 2.05 bits per heavy atom. The summed E-state index contributed by atoms with van der Waals surface area (Å²) in [5, 5.41) is 3.27. The van der Waals surface area contributed by atoms with E-state index in [1.54, 1.807) is 0 Å². The first-order valence-corrected chi connectivity index (χ1v) is 10.0. The molecule has 1 saturated heterocycles. The van der Waals surface area contributed by atoms with E-state index in [9.17, 15) is 8.42 Å². The first-order valence-electron chi connectivity index (χ1n) is 8.40. The minimum atomic E-state index is -3.15. The van der Waals surface area contributed by atoms with Crippen LogP contribution in [0.5, 0.6) is 0 Å². The molecule has 0 amide bonds. The fourth-order valence-corrected chi connectivity index (χ4v) is 4.68. The van der Waals surface area contributed by atoms with Gasteiger partial charge in [0.15, 0.2) is 0 Å². The fraction of sp³-hybridized carbons (Fsp3) is 1.00. The third-order valence-corrected chi connectivity index (χ3v) is 5.91. The summed E-state index contributed by atoms with van der Waals surface area (Å²) in [6.07, 6.45) is 4.04. The van der Waals surface area contributed by atoms with E-state index in [0.717, 1.165) is 58.4 Å². The van der Waals surface area contributed by atoms with Gasteiger partial charge in [0, 0.05) is 6.04 Å². The van der Waals surface area contributed by atoms with Crippen LogP contribution in [0, 0.1) is 5.92 Å². The Morgan fingerprint density at radius 1 is 1.33 bits per heavy atom. The minimum Gasteiger partial charge on any atom is -0.316 e. The van der Waals surface area contributed by atoms with Crippen molar-refractivity contribution in [3.63, 3.8) is 0 Å². The topological polar surface area (TPSA) is 61.4 Å². The lowest BCUT2D eigenvalue weighted by Crippen LogP contribution is -2.40. The first-order chi connectivity index (χ1) is 9.96. The minimum absolute atomic E-state index is 0.0297. The lowest BCUT2D eigenvalue weighted by atomic mass is 10.0. The molecule has 2 atom stereocenters. The molecule has 6 heteroatoms. The van der Waals surface area contributed by atoms with Crippen LogP contribution in [0.4, 0.5) is 0 Å². The summed E-state index contributed by atoms with van der Waals surface area (Å²) in [5.41, 5.74) is 0. The van der Waals surface area contributed by atoms with Crippen molar-refractivity contribution in [3.8, 4) is 0 Å². The standard InChI is InChI=1S/C15H33N3O2S/c1-4-18(5-2)11-7-8-14(3)17-21(19,20)13-15-9-6-10-16-12-15/h14-17H,4-13H2,1-3H3. The smallest absolute Gasteiger partial charge is 0.212 e. The summed E-state index contributed by atoms with van der Waals surface area (Å²) in [5.74, 6) is 0.527. The van der Waals surface area contributed by atoms with Crippen LogP contribution >= 0.6 is 0 Å². The number of hydrogen-bond acceptors (Lipinski definition) is 4. The van der Waals surface area contributed by atoms with E-state index >= 15 is 0 Å². The molecule has 1 aliphatic heterocycles. The van der Waals surface area contributed by atoms with E-state index in [0.29, 0.717) is 0 Å². The summed E-state index contributed by atoms with van der Waals surface area (Å²) in [7, 11) is -3.15. The third-order valence-electron chi connectivity index (χ3n) is 4.24. The second-order valence-electron chi connectivity index (χ2n) is 6.18. The summed E-state index contributed by atoms with van der Waals surface area (Å²) in [4.78, 5) is 2.37. The average Bonchev–Trinajstić information content (AvgIpc) is 2.43. The molecule has 5 nitrogen and oxygen atoms in total. The van der Waals surface area contributed by atoms with Crippen LogP contribution in [0.1, 0.15) is 46.5 Å². The molecule has 2 unspecified atom stereocenters. The molecule has 0 bridgehead atoms. The predicted octanol–water partition coefficient (Wildman–Crippen LogP) is 1.42. The number of nitrogens with zero attached hydrogens (tertiary/aromatic N) is 1. The zero-order chi connectivity index (χ0) is 15.7. The van der Waals surface area contributed by atoms with Crippen LogP contribution in [0.15, 0.2) is 0 Å². The highest BCUT2D eigenvalue weighted by Gasteiger charge is 2.22. The van der Waals surface area contributed by atoms with Gasteiger partial charge in [0.2, 0.25) is 10.0 Å². The second kappa shape index (κ2) is 9.77. The van der Waals surface area contributed by atoms with Crippen LogP contribution < -0.4 is 10.0 Å². The van der Waals surface area contributed by atoms with Gasteiger partial charge in [0.05, 0.1) is 5.75 Å². The zero-order valence-electron chi connectivity index (χ0n) is 13.9. The normalized spacial score (nSPS) is 21.6. The van der Waals surface area contributed by atoms with E-state index in [-0.39, 0.29) is 17.7 Å². The quantitative estimate of drug-likeness (QED) is 0.639. The predicted molar refractivity (Wildman–Crippen MR) is 89.0 cm³/mol. The van der Waals surface area contributed by atoms with Gasteiger partial charge in [-0.15, -0.1) is 0 Å². The number of rotatable bonds is 10. The lowest BCUT2D eigenvalue weighted by Gasteiger charge is -2.24. The second-order valence-corrected chi connectivity index (χ2v) is 7.98. The molecular weight excluding hydrogens is 286 g/mol. The molecule has 1 heterocycles. The van der Waals surface area contributed by atoms with Gasteiger partial charge in [-0.25, -0.2) is 13.1 Å². The maximum Gasteiger partial charge on any atom is 0.212 e. The highest BCUT2D eigenvalue weighted by Crippen LogP contribution is 2.12. The van der Waals surface area contributed by atoms with Gasteiger partial charge in [-0.2, -0.15) is 0 Å². The monoisotopic (exact) mass is 319 g/mol. The molecule has 0 saturated carbocycles. The van der Waals surface area contributed by atoms with Crippen molar-refractivity contribution in [2.45, 2.75) is 52.5 Å². The molecule has 0 radical (unpaired) electrons. The van der Waals surface area contributed by atoms with Crippen LogP contribution in [0.25, 0.3) is 0 Å². The average molecular weight is 320 g/mol. The molecular formula is C15H33N3O2S. The fourth-order valence-electron chi connectivity index (χ4n) is 2.95.